The Bertz CT molecular complexity index is 401. The zero-order chi connectivity index (χ0) is 9.97. The summed E-state index contributed by atoms with van der Waals surface area (Å²) in [4.78, 5) is 1.11. The minimum atomic E-state index is 0.286. The van der Waals surface area contributed by atoms with Gasteiger partial charge in [0, 0.05) is 6.20 Å². The van der Waals surface area contributed by atoms with Crippen molar-refractivity contribution in [1.29, 1.82) is 0 Å². The summed E-state index contributed by atoms with van der Waals surface area (Å²) in [7, 11) is 0. The van der Waals surface area contributed by atoms with Crippen LogP contribution in [0, 0.1) is 0 Å². The molecule has 0 saturated heterocycles. The summed E-state index contributed by atoms with van der Waals surface area (Å²) in [5.74, 6) is 0. The summed E-state index contributed by atoms with van der Waals surface area (Å²) in [5.41, 5.74) is 7.53. The van der Waals surface area contributed by atoms with E-state index in [-0.39, 0.29) is 5.11 Å². The van der Waals surface area contributed by atoms with Crippen molar-refractivity contribution in [3.63, 3.8) is 0 Å². The van der Waals surface area contributed by atoms with Crippen LogP contribution in [0.25, 0.3) is 6.08 Å². The van der Waals surface area contributed by atoms with Gasteiger partial charge in [-0.25, -0.2) is 0 Å². The Hall–Kier alpha value is -1.20. The van der Waals surface area contributed by atoms with Crippen LogP contribution < -0.4 is 15.8 Å². The number of fused-ring (bicyclic) bond motifs is 1. The van der Waals surface area contributed by atoms with Crippen molar-refractivity contribution in [2.45, 2.75) is 4.90 Å². The minimum absolute atomic E-state index is 0.286. The first-order valence-electron chi connectivity index (χ1n) is 4.06. The lowest BCUT2D eigenvalue weighted by molar-refractivity contribution is 1.31. The number of benzene rings is 1. The maximum absolute atomic E-state index is 5.43. The number of hydrogen-bond acceptors (Lipinski definition) is 3. The Balaban J connectivity index is 2.41. The lowest BCUT2D eigenvalue weighted by atomic mass is 10.2. The van der Waals surface area contributed by atoms with Crippen LogP contribution in [-0.2, 0) is 0 Å². The molecule has 5 heteroatoms. The number of anilines is 1. The molecule has 0 radical (unpaired) electrons. The van der Waals surface area contributed by atoms with Gasteiger partial charge < -0.3 is 15.8 Å². The summed E-state index contributed by atoms with van der Waals surface area (Å²) in [6.45, 7) is 0. The standard InChI is InChI=1S/C9H9N3S2/c10-9(13)12-7-3-1-2-6-4-5-11-14-8(6)7/h1-5,11H,(H3,10,12,13). The molecule has 0 aromatic heterocycles. The van der Waals surface area contributed by atoms with Crippen molar-refractivity contribution in [2.24, 2.45) is 5.73 Å². The zero-order valence-electron chi connectivity index (χ0n) is 7.28. The van der Waals surface area contributed by atoms with Crippen molar-refractivity contribution in [1.82, 2.24) is 4.72 Å². The first-order valence-corrected chi connectivity index (χ1v) is 5.28. The predicted molar refractivity (Wildman–Crippen MR) is 64.9 cm³/mol. The van der Waals surface area contributed by atoms with E-state index in [1.54, 1.807) is 11.9 Å². The summed E-state index contributed by atoms with van der Waals surface area (Å²) < 4.78 is 3.07. The van der Waals surface area contributed by atoms with Gasteiger partial charge in [-0.15, -0.1) is 0 Å². The smallest absolute Gasteiger partial charge is 0.168 e. The van der Waals surface area contributed by atoms with Crippen LogP contribution in [0.5, 0.6) is 0 Å². The van der Waals surface area contributed by atoms with E-state index in [9.17, 15) is 0 Å². The molecule has 1 aromatic carbocycles. The van der Waals surface area contributed by atoms with Crippen LogP contribution in [0.2, 0.25) is 0 Å². The second-order valence-corrected chi connectivity index (χ2v) is 4.05. The quantitative estimate of drug-likeness (QED) is 0.501. The summed E-state index contributed by atoms with van der Waals surface area (Å²) in [6.07, 6.45) is 3.91. The highest BCUT2D eigenvalue weighted by molar-refractivity contribution is 7.97. The second-order valence-electron chi connectivity index (χ2n) is 2.77. The van der Waals surface area contributed by atoms with Gasteiger partial charge in [-0.05, 0) is 41.9 Å². The van der Waals surface area contributed by atoms with Crippen LogP contribution >= 0.6 is 24.2 Å². The molecule has 1 heterocycles. The lowest BCUT2D eigenvalue weighted by Crippen LogP contribution is -2.19. The first kappa shape index (κ1) is 9.36. The van der Waals surface area contributed by atoms with Gasteiger partial charge in [0.25, 0.3) is 0 Å². The molecule has 4 N–H and O–H groups in total. The lowest BCUT2D eigenvalue weighted by Gasteiger charge is -2.15. The molecule has 1 aromatic rings. The molecule has 0 saturated carbocycles. The highest BCUT2D eigenvalue weighted by Crippen LogP contribution is 2.32. The molecular formula is C9H9N3S2. The van der Waals surface area contributed by atoms with Gasteiger partial charge in [-0.2, -0.15) is 0 Å². The van der Waals surface area contributed by atoms with E-state index in [0.29, 0.717) is 0 Å². The molecule has 0 spiro atoms. The predicted octanol–water partition coefficient (Wildman–Crippen LogP) is 1.92. The van der Waals surface area contributed by atoms with Crippen LogP contribution in [0.15, 0.2) is 29.3 Å². The molecule has 1 aliphatic heterocycles. The van der Waals surface area contributed by atoms with Gasteiger partial charge in [0.2, 0.25) is 0 Å². The van der Waals surface area contributed by atoms with Crippen molar-refractivity contribution in [3.05, 3.63) is 30.0 Å². The molecule has 0 amide bonds. The van der Waals surface area contributed by atoms with Crippen molar-refractivity contribution in [2.75, 3.05) is 5.32 Å². The van der Waals surface area contributed by atoms with E-state index in [0.717, 1.165) is 16.1 Å². The molecular weight excluding hydrogens is 214 g/mol. The fourth-order valence-electron chi connectivity index (χ4n) is 1.25. The molecule has 0 unspecified atom stereocenters. The third kappa shape index (κ3) is 1.83. The van der Waals surface area contributed by atoms with Crippen LogP contribution in [0.1, 0.15) is 5.56 Å². The molecule has 14 heavy (non-hydrogen) atoms. The third-order valence-electron chi connectivity index (χ3n) is 1.80. The van der Waals surface area contributed by atoms with Crippen LogP contribution in [0.4, 0.5) is 5.69 Å². The number of thiocarbonyl (C=S) groups is 1. The molecule has 1 aliphatic rings. The average Bonchev–Trinajstić information content (AvgIpc) is 2.18. The first-order chi connectivity index (χ1) is 6.77. The molecule has 0 aliphatic carbocycles. The zero-order valence-corrected chi connectivity index (χ0v) is 8.91. The maximum atomic E-state index is 5.43. The number of hydrogen-bond donors (Lipinski definition) is 3. The topological polar surface area (TPSA) is 50.1 Å². The Morgan fingerprint density at radius 3 is 3.14 bits per heavy atom. The third-order valence-corrected chi connectivity index (χ3v) is 2.81. The number of rotatable bonds is 1. The van der Waals surface area contributed by atoms with Gasteiger partial charge in [0.05, 0.1) is 10.6 Å². The minimum Gasteiger partial charge on any atom is -0.376 e. The van der Waals surface area contributed by atoms with Crippen molar-refractivity contribution < 1.29 is 0 Å². The molecule has 72 valence electrons. The number of nitrogens with two attached hydrogens (primary N) is 1. The van der Waals surface area contributed by atoms with Gasteiger partial charge in [0.1, 0.15) is 0 Å². The summed E-state index contributed by atoms with van der Waals surface area (Å²) in [6, 6.07) is 5.96. The fourth-order valence-corrected chi connectivity index (χ4v) is 2.09. The van der Waals surface area contributed by atoms with Crippen molar-refractivity contribution in [3.8, 4) is 0 Å². The monoisotopic (exact) mass is 223 g/mol. The van der Waals surface area contributed by atoms with Crippen molar-refractivity contribution >= 4 is 41.0 Å². The summed E-state index contributed by atoms with van der Waals surface area (Å²) >= 11 is 6.34. The number of nitrogens with one attached hydrogen (secondary N) is 2. The Morgan fingerprint density at radius 2 is 2.36 bits per heavy atom. The largest absolute Gasteiger partial charge is 0.376 e. The van der Waals surface area contributed by atoms with E-state index >= 15 is 0 Å². The molecule has 2 rings (SSSR count). The molecule has 0 atom stereocenters. The molecule has 3 nitrogen and oxygen atoms in total. The maximum Gasteiger partial charge on any atom is 0.168 e. The van der Waals surface area contributed by atoms with E-state index in [4.69, 9.17) is 18.0 Å². The van der Waals surface area contributed by atoms with Crippen LogP contribution in [-0.4, -0.2) is 5.11 Å². The summed E-state index contributed by atoms with van der Waals surface area (Å²) in [5, 5.41) is 3.23. The van der Waals surface area contributed by atoms with Crippen LogP contribution in [0.3, 0.4) is 0 Å². The fraction of sp³-hybridized carbons (Fsp3) is 0. The van der Waals surface area contributed by atoms with E-state index < -0.39 is 0 Å². The highest BCUT2D eigenvalue weighted by atomic mass is 32.2. The SMILES string of the molecule is NC(=S)Nc1cccc2c1SNC=C2. The van der Waals surface area contributed by atoms with Gasteiger partial charge >= 0.3 is 0 Å². The molecule has 0 bridgehead atoms. The van der Waals surface area contributed by atoms with Gasteiger partial charge in [-0.1, -0.05) is 12.1 Å². The van der Waals surface area contributed by atoms with E-state index in [1.807, 2.05) is 30.5 Å². The van der Waals surface area contributed by atoms with Gasteiger partial charge in [-0.3, -0.25) is 0 Å². The Morgan fingerprint density at radius 1 is 1.50 bits per heavy atom. The Labute approximate surface area is 91.9 Å². The highest BCUT2D eigenvalue weighted by Gasteiger charge is 2.09. The Kier molecular flexibility index (Phi) is 2.60. The average molecular weight is 223 g/mol. The molecule has 0 fully saturated rings. The second kappa shape index (κ2) is 3.89. The van der Waals surface area contributed by atoms with E-state index in [2.05, 4.69) is 10.0 Å². The van der Waals surface area contributed by atoms with Gasteiger partial charge in [0.15, 0.2) is 5.11 Å². The normalized spacial score (nSPS) is 12.9. The van der Waals surface area contributed by atoms with E-state index in [1.165, 1.54) is 0 Å².